The lowest BCUT2D eigenvalue weighted by atomic mass is 10.0. The summed E-state index contributed by atoms with van der Waals surface area (Å²) < 4.78 is 2.92. The molecule has 1 saturated carbocycles. The first kappa shape index (κ1) is 18.0. The average molecular weight is 369 g/mol. The lowest BCUT2D eigenvalue weighted by Crippen LogP contribution is -2.47. The van der Waals surface area contributed by atoms with Crippen LogP contribution in [0.15, 0.2) is 33.9 Å². The molecule has 2 aromatic rings. The number of hydrogen-bond donors (Lipinski definition) is 0. The molecule has 0 spiro atoms. The highest BCUT2D eigenvalue weighted by atomic mass is 16.2. The first-order chi connectivity index (χ1) is 13.1. The van der Waals surface area contributed by atoms with E-state index in [1.54, 1.807) is 12.1 Å². The van der Waals surface area contributed by atoms with Gasteiger partial charge < -0.3 is 4.90 Å². The van der Waals surface area contributed by atoms with E-state index in [2.05, 4.69) is 6.92 Å². The third-order valence-electron chi connectivity index (χ3n) is 6.19. The summed E-state index contributed by atoms with van der Waals surface area (Å²) >= 11 is 0. The van der Waals surface area contributed by atoms with E-state index in [1.165, 1.54) is 9.13 Å². The molecule has 1 amide bonds. The van der Waals surface area contributed by atoms with Crippen LogP contribution in [-0.2, 0) is 11.3 Å². The Hall–Kier alpha value is -2.37. The fourth-order valence-electron chi connectivity index (χ4n) is 4.67. The summed E-state index contributed by atoms with van der Waals surface area (Å²) in [5.41, 5.74) is -0.0130. The largest absolute Gasteiger partial charge is 0.338 e. The van der Waals surface area contributed by atoms with Crippen molar-refractivity contribution in [3.8, 4) is 0 Å². The van der Waals surface area contributed by atoms with E-state index in [9.17, 15) is 14.4 Å². The van der Waals surface area contributed by atoms with Crippen LogP contribution in [0.1, 0.15) is 57.9 Å². The van der Waals surface area contributed by atoms with E-state index in [0.29, 0.717) is 10.9 Å². The lowest BCUT2D eigenvalue weighted by molar-refractivity contribution is -0.135. The molecule has 27 heavy (non-hydrogen) atoms. The summed E-state index contributed by atoms with van der Waals surface area (Å²) in [6, 6.07) is 7.30. The second-order valence-electron chi connectivity index (χ2n) is 7.93. The van der Waals surface area contributed by atoms with Crippen molar-refractivity contribution in [2.45, 2.75) is 70.5 Å². The monoisotopic (exact) mass is 369 g/mol. The molecule has 1 aromatic heterocycles. The fourth-order valence-corrected chi connectivity index (χ4v) is 4.67. The van der Waals surface area contributed by atoms with Gasteiger partial charge in [-0.15, -0.1) is 0 Å². The minimum absolute atomic E-state index is 0.00329. The van der Waals surface area contributed by atoms with Crippen LogP contribution in [0.5, 0.6) is 0 Å². The van der Waals surface area contributed by atoms with Gasteiger partial charge in [-0.2, -0.15) is 0 Å². The summed E-state index contributed by atoms with van der Waals surface area (Å²) in [7, 11) is 0. The number of rotatable bonds is 3. The van der Waals surface area contributed by atoms with E-state index < -0.39 is 0 Å². The van der Waals surface area contributed by atoms with E-state index >= 15 is 0 Å². The topological polar surface area (TPSA) is 64.3 Å². The van der Waals surface area contributed by atoms with Crippen molar-refractivity contribution in [1.29, 1.82) is 0 Å². The quantitative estimate of drug-likeness (QED) is 0.836. The first-order valence-corrected chi connectivity index (χ1v) is 10.1. The van der Waals surface area contributed by atoms with Crippen molar-refractivity contribution in [3.63, 3.8) is 0 Å². The Morgan fingerprint density at radius 1 is 1.04 bits per heavy atom. The minimum Gasteiger partial charge on any atom is -0.338 e. The number of amides is 1. The van der Waals surface area contributed by atoms with Gasteiger partial charge in [0.1, 0.15) is 6.54 Å². The number of likely N-dealkylation sites (tertiary alicyclic amines) is 1. The highest BCUT2D eigenvalue weighted by Crippen LogP contribution is 2.27. The zero-order chi connectivity index (χ0) is 19.0. The van der Waals surface area contributed by atoms with Crippen LogP contribution >= 0.6 is 0 Å². The van der Waals surface area contributed by atoms with Crippen LogP contribution in [-0.4, -0.2) is 32.5 Å². The Morgan fingerprint density at radius 2 is 1.74 bits per heavy atom. The standard InChI is InChI=1S/C21H27N3O3/c1-15-8-6-7-13-22(15)19(25)14-23-18-12-5-4-11-17(18)20(26)24(21(23)27)16-9-2-3-10-16/h4-5,11-12,15-16H,2-3,6-10,13-14H2,1H3. The molecule has 6 heteroatoms. The van der Waals surface area contributed by atoms with E-state index in [0.717, 1.165) is 51.5 Å². The molecule has 1 saturated heterocycles. The number of fused-ring (bicyclic) bond motifs is 1. The maximum absolute atomic E-state index is 13.2. The third-order valence-corrected chi connectivity index (χ3v) is 6.19. The van der Waals surface area contributed by atoms with Crippen molar-refractivity contribution < 1.29 is 4.79 Å². The number of aromatic nitrogens is 2. The van der Waals surface area contributed by atoms with Crippen molar-refractivity contribution in [2.24, 2.45) is 0 Å². The van der Waals surface area contributed by atoms with E-state index in [4.69, 9.17) is 0 Å². The number of carbonyl (C=O) groups excluding carboxylic acids is 1. The molecule has 0 N–H and O–H groups in total. The van der Waals surface area contributed by atoms with E-state index in [1.807, 2.05) is 17.0 Å². The summed E-state index contributed by atoms with van der Waals surface area (Å²) in [4.78, 5) is 41.1. The maximum atomic E-state index is 13.2. The molecule has 2 fully saturated rings. The number of benzene rings is 1. The summed E-state index contributed by atoms with van der Waals surface area (Å²) in [5, 5.41) is 0.517. The van der Waals surface area contributed by atoms with Gasteiger partial charge in [0.15, 0.2) is 0 Å². The molecule has 2 heterocycles. The smallest absolute Gasteiger partial charge is 0.332 e. The molecule has 1 aliphatic carbocycles. The van der Waals surface area contributed by atoms with Gasteiger partial charge in [0.05, 0.1) is 10.9 Å². The van der Waals surface area contributed by atoms with Gasteiger partial charge in [0.2, 0.25) is 5.91 Å². The molecule has 1 unspecified atom stereocenters. The van der Waals surface area contributed by atoms with Crippen LogP contribution in [0.25, 0.3) is 10.9 Å². The van der Waals surface area contributed by atoms with Gasteiger partial charge in [-0.25, -0.2) is 4.79 Å². The molecule has 1 aromatic carbocycles. The molecular formula is C21H27N3O3. The molecule has 4 rings (SSSR count). The molecule has 2 aliphatic rings. The van der Waals surface area contributed by atoms with Crippen LogP contribution in [0.2, 0.25) is 0 Å². The zero-order valence-electron chi connectivity index (χ0n) is 15.9. The summed E-state index contributed by atoms with van der Waals surface area (Å²) in [6.45, 7) is 2.81. The van der Waals surface area contributed by atoms with Gasteiger partial charge in [-0.05, 0) is 51.2 Å². The van der Waals surface area contributed by atoms with Crippen molar-refractivity contribution >= 4 is 16.8 Å². The Labute approximate surface area is 158 Å². The molecule has 144 valence electrons. The minimum atomic E-state index is -0.344. The fraction of sp³-hybridized carbons (Fsp3) is 0.571. The first-order valence-electron chi connectivity index (χ1n) is 10.1. The number of hydrogen-bond acceptors (Lipinski definition) is 3. The molecule has 0 bridgehead atoms. The third kappa shape index (κ3) is 3.22. The number of nitrogens with zero attached hydrogens (tertiary/aromatic N) is 3. The normalized spacial score (nSPS) is 21.1. The lowest BCUT2D eigenvalue weighted by Gasteiger charge is -2.33. The highest BCUT2D eigenvalue weighted by Gasteiger charge is 2.27. The molecule has 0 radical (unpaired) electrons. The Kier molecular flexibility index (Phi) is 4.89. The Balaban J connectivity index is 1.80. The highest BCUT2D eigenvalue weighted by molar-refractivity contribution is 5.82. The predicted octanol–water partition coefficient (Wildman–Crippen LogP) is 2.68. The number of para-hydroxylation sites is 1. The molecular weight excluding hydrogens is 342 g/mol. The average Bonchev–Trinajstić information content (AvgIpc) is 3.20. The van der Waals surface area contributed by atoms with Gasteiger partial charge in [0, 0.05) is 18.6 Å². The van der Waals surface area contributed by atoms with Crippen molar-refractivity contribution in [1.82, 2.24) is 14.0 Å². The molecule has 6 nitrogen and oxygen atoms in total. The SMILES string of the molecule is CC1CCCCN1C(=O)Cn1c(=O)n(C2CCCC2)c(=O)c2ccccc21. The zero-order valence-corrected chi connectivity index (χ0v) is 15.9. The maximum Gasteiger partial charge on any atom is 0.332 e. The Morgan fingerprint density at radius 3 is 2.48 bits per heavy atom. The summed E-state index contributed by atoms with van der Waals surface area (Å²) in [6.07, 6.45) is 6.92. The van der Waals surface area contributed by atoms with Crippen LogP contribution in [0, 0.1) is 0 Å². The van der Waals surface area contributed by atoms with Crippen LogP contribution < -0.4 is 11.2 Å². The molecule has 1 atom stereocenters. The second-order valence-corrected chi connectivity index (χ2v) is 7.93. The second kappa shape index (κ2) is 7.33. The van der Waals surface area contributed by atoms with Crippen molar-refractivity contribution in [3.05, 3.63) is 45.1 Å². The van der Waals surface area contributed by atoms with Gasteiger partial charge >= 0.3 is 5.69 Å². The summed E-state index contributed by atoms with van der Waals surface area (Å²) in [5.74, 6) is -0.0360. The van der Waals surface area contributed by atoms with Gasteiger partial charge in [0.25, 0.3) is 5.56 Å². The predicted molar refractivity (Wildman–Crippen MR) is 105 cm³/mol. The van der Waals surface area contributed by atoms with Crippen molar-refractivity contribution in [2.75, 3.05) is 6.54 Å². The Bertz CT molecular complexity index is 969. The molecule has 1 aliphatic heterocycles. The number of carbonyl (C=O) groups is 1. The van der Waals surface area contributed by atoms with Gasteiger partial charge in [-0.1, -0.05) is 25.0 Å². The van der Waals surface area contributed by atoms with E-state index in [-0.39, 0.29) is 35.8 Å². The van der Waals surface area contributed by atoms with Gasteiger partial charge in [-0.3, -0.25) is 18.7 Å². The van der Waals surface area contributed by atoms with Crippen LogP contribution in [0.4, 0.5) is 0 Å². The number of piperidine rings is 1. The van der Waals surface area contributed by atoms with Crippen LogP contribution in [0.3, 0.4) is 0 Å².